The molecule has 0 aromatic heterocycles. The molecule has 1 rings (SSSR count). The van der Waals surface area contributed by atoms with E-state index in [2.05, 4.69) is 19.2 Å². The molecule has 1 atom stereocenters. The average molecular weight is 311 g/mol. The molecule has 2 amide bonds. The number of nitrogens with one attached hydrogen (secondary N) is 1. The first-order valence-corrected chi connectivity index (χ1v) is 7.53. The normalized spacial score (nSPS) is 12.2. The lowest BCUT2D eigenvalue weighted by Crippen LogP contribution is -2.29. The Bertz CT molecular complexity index is 515. The summed E-state index contributed by atoms with van der Waals surface area (Å²) in [6, 6.07) is 5.89. The zero-order chi connectivity index (χ0) is 16.0. The SMILES string of the molecule is CC(C)c1ccc(CNC(=O)[C@@H](C)CCC(N)=O)c(Cl)c1. The van der Waals surface area contributed by atoms with Gasteiger partial charge in [-0.1, -0.05) is 44.5 Å². The highest BCUT2D eigenvalue weighted by Gasteiger charge is 2.14. The van der Waals surface area contributed by atoms with E-state index in [9.17, 15) is 9.59 Å². The molecule has 4 nitrogen and oxygen atoms in total. The molecule has 0 radical (unpaired) electrons. The lowest BCUT2D eigenvalue weighted by Gasteiger charge is -2.13. The van der Waals surface area contributed by atoms with Gasteiger partial charge in [0.2, 0.25) is 11.8 Å². The first-order valence-electron chi connectivity index (χ1n) is 7.15. The van der Waals surface area contributed by atoms with Crippen molar-refractivity contribution in [2.45, 2.75) is 46.1 Å². The lowest BCUT2D eigenvalue weighted by atomic mass is 10.0. The Labute approximate surface area is 131 Å². The summed E-state index contributed by atoms with van der Waals surface area (Å²) in [5, 5.41) is 3.50. The number of carbonyl (C=O) groups is 2. The Hall–Kier alpha value is -1.55. The van der Waals surface area contributed by atoms with E-state index in [1.54, 1.807) is 6.92 Å². The molecule has 1 aromatic carbocycles. The summed E-state index contributed by atoms with van der Waals surface area (Å²) in [6.07, 6.45) is 0.680. The van der Waals surface area contributed by atoms with E-state index in [0.29, 0.717) is 23.9 Å². The molecule has 0 bridgehead atoms. The van der Waals surface area contributed by atoms with E-state index in [1.807, 2.05) is 18.2 Å². The molecule has 0 fully saturated rings. The van der Waals surface area contributed by atoms with Gasteiger partial charge in [0, 0.05) is 23.9 Å². The fourth-order valence-electron chi connectivity index (χ4n) is 1.91. The Kier molecular flexibility index (Phi) is 6.69. The second-order valence-electron chi connectivity index (χ2n) is 5.63. The summed E-state index contributed by atoms with van der Waals surface area (Å²) in [4.78, 5) is 22.6. The van der Waals surface area contributed by atoms with Crippen molar-refractivity contribution < 1.29 is 9.59 Å². The van der Waals surface area contributed by atoms with Crippen molar-refractivity contribution in [1.29, 1.82) is 0 Å². The van der Waals surface area contributed by atoms with Crippen molar-refractivity contribution >= 4 is 23.4 Å². The third-order valence-electron chi connectivity index (χ3n) is 3.47. The summed E-state index contributed by atoms with van der Waals surface area (Å²) in [5.74, 6) is -0.312. The summed E-state index contributed by atoms with van der Waals surface area (Å²) in [6.45, 7) is 6.37. The van der Waals surface area contributed by atoms with Gasteiger partial charge in [0.1, 0.15) is 0 Å². The topological polar surface area (TPSA) is 72.2 Å². The van der Waals surface area contributed by atoms with E-state index in [1.165, 1.54) is 5.56 Å². The fourth-order valence-corrected chi connectivity index (χ4v) is 2.17. The summed E-state index contributed by atoms with van der Waals surface area (Å²) in [7, 11) is 0. The van der Waals surface area contributed by atoms with Crippen LogP contribution >= 0.6 is 11.6 Å². The molecular weight excluding hydrogens is 288 g/mol. The third-order valence-corrected chi connectivity index (χ3v) is 3.82. The van der Waals surface area contributed by atoms with Gasteiger partial charge in [0.05, 0.1) is 0 Å². The third kappa shape index (κ3) is 5.76. The lowest BCUT2D eigenvalue weighted by molar-refractivity contribution is -0.125. The van der Waals surface area contributed by atoms with Gasteiger partial charge in [-0.15, -0.1) is 0 Å². The van der Waals surface area contributed by atoms with Gasteiger partial charge < -0.3 is 11.1 Å². The molecule has 0 aliphatic rings. The molecule has 0 heterocycles. The molecule has 21 heavy (non-hydrogen) atoms. The molecule has 0 saturated carbocycles. The number of amides is 2. The molecule has 116 valence electrons. The van der Waals surface area contributed by atoms with Gasteiger partial charge in [-0.2, -0.15) is 0 Å². The predicted octanol–water partition coefficient (Wildman–Crippen LogP) is 2.98. The highest BCUT2D eigenvalue weighted by molar-refractivity contribution is 6.31. The minimum absolute atomic E-state index is 0.0970. The van der Waals surface area contributed by atoms with Crippen LogP contribution in [0.1, 0.15) is 50.7 Å². The molecule has 5 heteroatoms. The van der Waals surface area contributed by atoms with Gasteiger partial charge in [0.15, 0.2) is 0 Å². The van der Waals surface area contributed by atoms with Crippen LogP contribution in [0.3, 0.4) is 0 Å². The fraction of sp³-hybridized carbons (Fsp3) is 0.500. The zero-order valence-corrected chi connectivity index (χ0v) is 13.5. The Morgan fingerprint density at radius 1 is 1.29 bits per heavy atom. The molecule has 1 aromatic rings. The molecule has 3 N–H and O–H groups in total. The molecule has 0 aliphatic carbocycles. The van der Waals surface area contributed by atoms with Crippen LogP contribution in [0.25, 0.3) is 0 Å². The monoisotopic (exact) mass is 310 g/mol. The van der Waals surface area contributed by atoms with E-state index in [0.717, 1.165) is 5.56 Å². The molecule has 0 spiro atoms. The van der Waals surface area contributed by atoms with Crippen LogP contribution in [0, 0.1) is 5.92 Å². The van der Waals surface area contributed by atoms with Crippen LogP contribution in [-0.4, -0.2) is 11.8 Å². The summed E-state index contributed by atoms with van der Waals surface area (Å²) < 4.78 is 0. The van der Waals surface area contributed by atoms with Crippen molar-refractivity contribution in [1.82, 2.24) is 5.32 Å². The maximum Gasteiger partial charge on any atom is 0.223 e. The van der Waals surface area contributed by atoms with E-state index >= 15 is 0 Å². The highest BCUT2D eigenvalue weighted by Crippen LogP contribution is 2.22. The summed E-state index contributed by atoms with van der Waals surface area (Å²) >= 11 is 6.23. The minimum atomic E-state index is -0.387. The minimum Gasteiger partial charge on any atom is -0.370 e. The van der Waals surface area contributed by atoms with E-state index in [-0.39, 0.29) is 24.2 Å². The van der Waals surface area contributed by atoms with Crippen LogP contribution in [-0.2, 0) is 16.1 Å². The van der Waals surface area contributed by atoms with Crippen molar-refractivity contribution in [3.8, 4) is 0 Å². The molecule has 0 aliphatic heterocycles. The van der Waals surface area contributed by atoms with Gasteiger partial charge in [-0.25, -0.2) is 0 Å². The number of halogens is 1. The van der Waals surface area contributed by atoms with Crippen LogP contribution in [0.5, 0.6) is 0 Å². The predicted molar refractivity (Wildman–Crippen MR) is 85.0 cm³/mol. The van der Waals surface area contributed by atoms with Crippen molar-refractivity contribution in [3.05, 3.63) is 34.3 Å². The second kappa shape index (κ2) is 8.03. The second-order valence-corrected chi connectivity index (χ2v) is 6.04. The van der Waals surface area contributed by atoms with Gasteiger partial charge in [-0.3, -0.25) is 9.59 Å². The van der Waals surface area contributed by atoms with Crippen LogP contribution in [0.15, 0.2) is 18.2 Å². The van der Waals surface area contributed by atoms with Crippen LogP contribution in [0.2, 0.25) is 5.02 Å². The quantitative estimate of drug-likeness (QED) is 0.812. The van der Waals surface area contributed by atoms with Crippen molar-refractivity contribution in [3.63, 3.8) is 0 Å². The largest absolute Gasteiger partial charge is 0.370 e. The molecule has 0 unspecified atom stereocenters. The van der Waals surface area contributed by atoms with Gasteiger partial charge in [-0.05, 0) is 29.5 Å². The van der Waals surface area contributed by atoms with E-state index in [4.69, 9.17) is 17.3 Å². The molecular formula is C16H23ClN2O2. The Morgan fingerprint density at radius 2 is 1.95 bits per heavy atom. The maximum absolute atomic E-state index is 11.9. The van der Waals surface area contributed by atoms with Crippen LogP contribution < -0.4 is 11.1 Å². The summed E-state index contributed by atoms with van der Waals surface area (Å²) in [5.41, 5.74) is 7.13. The first-order chi connectivity index (χ1) is 9.81. The van der Waals surface area contributed by atoms with Gasteiger partial charge >= 0.3 is 0 Å². The number of rotatable bonds is 7. The Balaban J connectivity index is 2.55. The Morgan fingerprint density at radius 3 is 2.48 bits per heavy atom. The smallest absolute Gasteiger partial charge is 0.223 e. The van der Waals surface area contributed by atoms with E-state index < -0.39 is 0 Å². The molecule has 0 saturated heterocycles. The standard InChI is InChI=1S/C16H23ClN2O2/c1-10(2)12-5-6-13(14(17)8-12)9-19-16(21)11(3)4-7-15(18)20/h5-6,8,10-11H,4,7,9H2,1-3H3,(H2,18,20)(H,19,21)/t11-/m0/s1. The number of benzene rings is 1. The van der Waals surface area contributed by atoms with Crippen molar-refractivity contribution in [2.24, 2.45) is 11.7 Å². The van der Waals surface area contributed by atoms with Crippen LogP contribution in [0.4, 0.5) is 0 Å². The number of hydrogen-bond acceptors (Lipinski definition) is 2. The highest BCUT2D eigenvalue weighted by atomic mass is 35.5. The number of primary amides is 1. The number of nitrogens with two attached hydrogens (primary N) is 1. The first kappa shape index (κ1) is 17.5. The zero-order valence-electron chi connectivity index (χ0n) is 12.8. The number of hydrogen-bond donors (Lipinski definition) is 2. The maximum atomic E-state index is 11.9. The number of carbonyl (C=O) groups excluding carboxylic acids is 2. The van der Waals surface area contributed by atoms with Gasteiger partial charge in [0.25, 0.3) is 0 Å². The average Bonchev–Trinajstić information content (AvgIpc) is 2.42. The van der Waals surface area contributed by atoms with Crippen molar-refractivity contribution in [2.75, 3.05) is 0 Å².